The van der Waals surface area contributed by atoms with Gasteiger partial charge in [0.1, 0.15) is 11.5 Å². The Morgan fingerprint density at radius 3 is 2.35 bits per heavy atom. The number of fused-ring (bicyclic) bond motifs is 1. The van der Waals surface area contributed by atoms with Crippen molar-refractivity contribution in [2.45, 2.75) is 13.3 Å². The smallest absolute Gasteiger partial charge is 0.195 e. The first-order chi connectivity index (χ1) is 15.1. The summed E-state index contributed by atoms with van der Waals surface area (Å²) >= 11 is 5.06. The molecule has 5 heteroatoms. The minimum atomic E-state index is 0.0212. The SMILES string of the molecule is COc1ccc(-c2sc3cc(C)ccc3c2C(=O)c2ccc(OCCCBr)cc2)cc1. The number of aryl methyl sites for hydroxylation is 1. The summed E-state index contributed by atoms with van der Waals surface area (Å²) < 4.78 is 12.1. The molecular formula is C26H23BrO3S. The molecule has 3 nitrogen and oxygen atoms in total. The Labute approximate surface area is 194 Å². The second-order valence-corrected chi connectivity index (χ2v) is 9.12. The van der Waals surface area contributed by atoms with Gasteiger partial charge in [-0.2, -0.15) is 0 Å². The molecule has 4 aromatic rings. The van der Waals surface area contributed by atoms with Crippen LogP contribution in [0.1, 0.15) is 27.9 Å². The normalized spacial score (nSPS) is 10.9. The molecule has 0 radical (unpaired) electrons. The summed E-state index contributed by atoms with van der Waals surface area (Å²) in [6.45, 7) is 2.72. The average Bonchev–Trinajstić information content (AvgIpc) is 3.17. The summed E-state index contributed by atoms with van der Waals surface area (Å²) in [6, 6.07) is 21.6. The molecule has 0 aliphatic carbocycles. The van der Waals surface area contributed by atoms with E-state index >= 15 is 0 Å². The lowest BCUT2D eigenvalue weighted by molar-refractivity contribution is 0.104. The number of halogens is 1. The first-order valence-corrected chi connectivity index (χ1v) is 12.1. The van der Waals surface area contributed by atoms with Crippen LogP contribution in [0.25, 0.3) is 20.5 Å². The lowest BCUT2D eigenvalue weighted by Gasteiger charge is -2.08. The van der Waals surface area contributed by atoms with Crippen molar-refractivity contribution in [2.24, 2.45) is 0 Å². The van der Waals surface area contributed by atoms with Crippen LogP contribution in [-0.4, -0.2) is 24.8 Å². The zero-order valence-electron chi connectivity index (χ0n) is 17.5. The third kappa shape index (κ3) is 4.68. The van der Waals surface area contributed by atoms with Crippen LogP contribution in [-0.2, 0) is 0 Å². The number of ketones is 1. The average molecular weight is 495 g/mol. The van der Waals surface area contributed by atoms with Crippen LogP contribution in [0, 0.1) is 6.92 Å². The predicted molar refractivity (Wildman–Crippen MR) is 132 cm³/mol. The van der Waals surface area contributed by atoms with Crippen molar-refractivity contribution in [1.29, 1.82) is 0 Å². The molecule has 0 aliphatic rings. The van der Waals surface area contributed by atoms with Crippen molar-refractivity contribution in [3.05, 3.63) is 83.4 Å². The van der Waals surface area contributed by atoms with E-state index < -0.39 is 0 Å². The maximum Gasteiger partial charge on any atom is 0.195 e. The van der Waals surface area contributed by atoms with Gasteiger partial charge < -0.3 is 9.47 Å². The van der Waals surface area contributed by atoms with Crippen LogP contribution in [0.2, 0.25) is 0 Å². The number of thiophene rings is 1. The second kappa shape index (κ2) is 9.67. The van der Waals surface area contributed by atoms with Gasteiger partial charge >= 0.3 is 0 Å². The summed E-state index contributed by atoms with van der Waals surface area (Å²) in [5.41, 5.74) is 3.60. The number of methoxy groups -OCH3 is 1. The fourth-order valence-electron chi connectivity index (χ4n) is 3.47. The van der Waals surface area contributed by atoms with E-state index in [2.05, 4.69) is 41.1 Å². The molecule has 0 unspecified atom stereocenters. The maximum absolute atomic E-state index is 13.6. The van der Waals surface area contributed by atoms with Gasteiger partial charge in [0.2, 0.25) is 0 Å². The van der Waals surface area contributed by atoms with Crippen LogP contribution >= 0.6 is 27.3 Å². The predicted octanol–water partition coefficient (Wildman–Crippen LogP) is 7.28. The summed E-state index contributed by atoms with van der Waals surface area (Å²) in [5, 5.41) is 1.90. The van der Waals surface area contributed by atoms with Gasteiger partial charge in [-0.1, -0.05) is 28.1 Å². The molecule has 0 atom stereocenters. The zero-order chi connectivity index (χ0) is 21.8. The van der Waals surface area contributed by atoms with Gasteiger partial charge in [0, 0.05) is 31.4 Å². The summed E-state index contributed by atoms with van der Waals surface area (Å²) in [4.78, 5) is 14.6. The fraction of sp³-hybridized carbons (Fsp3) is 0.192. The third-order valence-electron chi connectivity index (χ3n) is 5.09. The Balaban J connectivity index is 1.75. The molecule has 3 aromatic carbocycles. The Hall–Kier alpha value is -2.63. The lowest BCUT2D eigenvalue weighted by atomic mass is 9.97. The quantitative estimate of drug-likeness (QED) is 0.146. The molecule has 0 amide bonds. The van der Waals surface area contributed by atoms with Crippen molar-refractivity contribution in [3.63, 3.8) is 0 Å². The van der Waals surface area contributed by atoms with E-state index in [1.54, 1.807) is 18.4 Å². The number of carbonyl (C=O) groups excluding carboxylic acids is 1. The van der Waals surface area contributed by atoms with Crippen LogP contribution in [0.15, 0.2) is 66.7 Å². The largest absolute Gasteiger partial charge is 0.497 e. The number of rotatable bonds is 8. The van der Waals surface area contributed by atoms with Crippen molar-refractivity contribution in [1.82, 2.24) is 0 Å². The van der Waals surface area contributed by atoms with E-state index in [0.29, 0.717) is 12.2 Å². The molecule has 1 heterocycles. The standard InChI is InChI=1S/C26H23BrO3S/c1-17-4-13-22-23(16-17)31-26(19-7-9-20(29-2)10-8-19)24(22)25(28)18-5-11-21(12-6-18)30-15-3-14-27/h4-13,16H,3,14-15H2,1-2H3. The molecule has 31 heavy (non-hydrogen) atoms. The molecule has 0 fully saturated rings. The molecule has 158 valence electrons. The van der Waals surface area contributed by atoms with E-state index in [-0.39, 0.29) is 5.78 Å². The molecule has 4 rings (SSSR count). The summed E-state index contributed by atoms with van der Waals surface area (Å²) in [5.74, 6) is 1.59. The first-order valence-electron chi connectivity index (χ1n) is 10.1. The van der Waals surface area contributed by atoms with Crippen molar-refractivity contribution >= 4 is 43.1 Å². The third-order valence-corrected chi connectivity index (χ3v) is 6.85. The molecular weight excluding hydrogens is 472 g/mol. The molecule has 0 spiro atoms. The Kier molecular flexibility index (Phi) is 6.73. The van der Waals surface area contributed by atoms with Crippen molar-refractivity contribution in [2.75, 3.05) is 19.0 Å². The Bertz CT molecular complexity index is 1190. The minimum absolute atomic E-state index is 0.0212. The number of hydrogen-bond donors (Lipinski definition) is 0. The van der Waals surface area contributed by atoms with Crippen LogP contribution in [0.3, 0.4) is 0 Å². The van der Waals surface area contributed by atoms with Crippen LogP contribution < -0.4 is 9.47 Å². The topological polar surface area (TPSA) is 35.5 Å². The summed E-state index contributed by atoms with van der Waals surface area (Å²) in [6.07, 6.45) is 0.937. The number of hydrogen-bond acceptors (Lipinski definition) is 4. The molecule has 0 bridgehead atoms. The van der Waals surface area contributed by atoms with Gasteiger partial charge in [0.05, 0.1) is 13.7 Å². The first kappa shape index (κ1) is 21.6. The van der Waals surface area contributed by atoms with Crippen LogP contribution in [0.5, 0.6) is 11.5 Å². The molecule has 0 saturated heterocycles. The van der Waals surface area contributed by atoms with Crippen LogP contribution in [0.4, 0.5) is 0 Å². The fourth-order valence-corrected chi connectivity index (χ4v) is 5.00. The highest BCUT2D eigenvalue weighted by Crippen LogP contribution is 2.40. The maximum atomic E-state index is 13.6. The highest BCUT2D eigenvalue weighted by Gasteiger charge is 2.21. The van der Waals surface area contributed by atoms with E-state index in [4.69, 9.17) is 9.47 Å². The highest BCUT2D eigenvalue weighted by atomic mass is 79.9. The Morgan fingerprint density at radius 1 is 0.968 bits per heavy atom. The van der Waals surface area contributed by atoms with Crippen molar-refractivity contribution < 1.29 is 14.3 Å². The van der Waals surface area contributed by atoms with Crippen molar-refractivity contribution in [3.8, 4) is 21.9 Å². The number of alkyl halides is 1. The molecule has 0 saturated carbocycles. The number of benzene rings is 3. The van der Waals surface area contributed by atoms with Gasteiger partial charge in [-0.25, -0.2) is 0 Å². The summed E-state index contributed by atoms with van der Waals surface area (Å²) in [7, 11) is 1.65. The Morgan fingerprint density at radius 2 is 1.68 bits per heavy atom. The van der Waals surface area contributed by atoms with Gasteiger partial charge in [-0.05, 0) is 79.1 Å². The van der Waals surface area contributed by atoms with Gasteiger partial charge in [-0.15, -0.1) is 11.3 Å². The zero-order valence-corrected chi connectivity index (χ0v) is 19.9. The van der Waals surface area contributed by atoms with Gasteiger partial charge in [0.25, 0.3) is 0 Å². The number of ether oxygens (including phenoxy) is 2. The van der Waals surface area contributed by atoms with Gasteiger partial charge in [0.15, 0.2) is 5.78 Å². The molecule has 1 aromatic heterocycles. The van der Waals surface area contributed by atoms with E-state index in [9.17, 15) is 4.79 Å². The van der Waals surface area contributed by atoms with E-state index in [0.717, 1.165) is 49.3 Å². The molecule has 0 aliphatic heterocycles. The van der Waals surface area contributed by atoms with E-state index in [1.165, 1.54) is 5.56 Å². The minimum Gasteiger partial charge on any atom is -0.497 e. The van der Waals surface area contributed by atoms with Gasteiger partial charge in [-0.3, -0.25) is 4.79 Å². The second-order valence-electron chi connectivity index (χ2n) is 7.28. The number of carbonyl (C=O) groups is 1. The monoisotopic (exact) mass is 494 g/mol. The lowest BCUT2D eigenvalue weighted by Crippen LogP contribution is -2.03. The molecule has 0 N–H and O–H groups in total. The highest BCUT2D eigenvalue weighted by molar-refractivity contribution is 9.09. The van der Waals surface area contributed by atoms with E-state index in [1.807, 2.05) is 48.5 Å².